The van der Waals surface area contributed by atoms with E-state index in [0.717, 1.165) is 12.2 Å². The van der Waals surface area contributed by atoms with Crippen molar-refractivity contribution in [2.24, 2.45) is 0 Å². The Morgan fingerprint density at radius 1 is 1.00 bits per heavy atom. The largest absolute Gasteiger partial charge is 0.497 e. The van der Waals surface area contributed by atoms with Crippen molar-refractivity contribution < 1.29 is 4.74 Å². The molecule has 0 aromatic heterocycles. The van der Waals surface area contributed by atoms with E-state index in [4.69, 9.17) is 4.74 Å². The highest BCUT2D eigenvalue weighted by Crippen LogP contribution is 2.35. The van der Waals surface area contributed by atoms with Crippen LogP contribution in [-0.4, -0.2) is 7.11 Å². The number of alkyl halides is 1. The van der Waals surface area contributed by atoms with Crippen LogP contribution < -0.4 is 4.74 Å². The van der Waals surface area contributed by atoms with Crippen molar-refractivity contribution in [1.29, 1.82) is 0 Å². The van der Waals surface area contributed by atoms with Gasteiger partial charge in [-0.15, -0.1) is 0 Å². The number of hydrogen-bond acceptors (Lipinski definition) is 1. The first-order valence-electron chi connectivity index (χ1n) is 7.28. The number of benzene rings is 2. The van der Waals surface area contributed by atoms with Crippen LogP contribution in [0.1, 0.15) is 38.2 Å². The molecule has 0 amide bonds. The summed E-state index contributed by atoms with van der Waals surface area (Å²) in [6.45, 7) is 8.82. The fraction of sp³-hybridized carbons (Fsp3) is 0.368. The topological polar surface area (TPSA) is 9.23 Å². The van der Waals surface area contributed by atoms with E-state index in [9.17, 15) is 0 Å². The third-order valence-electron chi connectivity index (χ3n) is 4.29. The molecule has 0 aliphatic heterocycles. The second-order valence-electron chi connectivity index (χ2n) is 5.70. The molecular formula is C19H23BrO. The smallest absolute Gasteiger partial charge is 0.119 e. The Hall–Kier alpha value is -1.28. The highest BCUT2D eigenvalue weighted by atomic mass is 79.9. The molecule has 0 saturated heterocycles. The molecule has 0 heterocycles. The molecule has 0 aliphatic rings. The maximum absolute atomic E-state index is 5.31. The minimum Gasteiger partial charge on any atom is -0.497 e. The summed E-state index contributed by atoms with van der Waals surface area (Å²) in [7, 11) is 1.71. The molecule has 2 aromatic carbocycles. The van der Waals surface area contributed by atoms with E-state index in [0.29, 0.717) is 4.83 Å². The summed E-state index contributed by atoms with van der Waals surface area (Å²) in [6, 6.07) is 10.6. The molecule has 1 unspecified atom stereocenters. The molecular weight excluding hydrogens is 324 g/mol. The van der Waals surface area contributed by atoms with Crippen molar-refractivity contribution in [3.05, 3.63) is 63.7 Å². The van der Waals surface area contributed by atoms with Gasteiger partial charge in [0.1, 0.15) is 5.75 Å². The summed E-state index contributed by atoms with van der Waals surface area (Å²) in [5, 5.41) is 0. The molecule has 0 fully saturated rings. The van der Waals surface area contributed by atoms with Gasteiger partial charge >= 0.3 is 0 Å². The number of ether oxygens (including phenoxy) is 1. The highest BCUT2D eigenvalue weighted by molar-refractivity contribution is 9.09. The number of rotatable bonds is 4. The van der Waals surface area contributed by atoms with E-state index in [1.165, 1.54) is 33.4 Å². The Bertz CT molecular complexity index is 620. The quantitative estimate of drug-likeness (QED) is 0.654. The Morgan fingerprint density at radius 2 is 1.62 bits per heavy atom. The van der Waals surface area contributed by atoms with Crippen molar-refractivity contribution >= 4 is 15.9 Å². The molecule has 21 heavy (non-hydrogen) atoms. The fourth-order valence-corrected chi connectivity index (χ4v) is 3.89. The van der Waals surface area contributed by atoms with Crippen molar-refractivity contribution in [3.8, 4) is 5.75 Å². The van der Waals surface area contributed by atoms with Gasteiger partial charge in [0, 0.05) is 4.83 Å². The van der Waals surface area contributed by atoms with E-state index in [2.05, 4.69) is 67.9 Å². The van der Waals surface area contributed by atoms with Gasteiger partial charge in [-0.2, -0.15) is 0 Å². The van der Waals surface area contributed by atoms with Crippen molar-refractivity contribution in [2.45, 2.75) is 38.9 Å². The summed E-state index contributed by atoms with van der Waals surface area (Å²) < 4.78 is 5.31. The molecule has 112 valence electrons. The molecule has 0 radical (unpaired) electrons. The molecule has 2 heteroatoms. The number of methoxy groups -OCH3 is 1. The average Bonchev–Trinajstić information content (AvgIpc) is 2.45. The van der Waals surface area contributed by atoms with Crippen LogP contribution in [0.2, 0.25) is 0 Å². The molecule has 2 aromatic rings. The lowest BCUT2D eigenvalue weighted by Crippen LogP contribution is -2.04. The van der Waals surface area contributed by atoms with E-state index < -0.39 is 0 Å². The summed E-state index contributed by atoms with van der Waals surface area (Å²) >= 11 is 3.90. The highest BCUT2D eigenvalue weighted by Gasteiger charge is 2.17. The molecule has 0 N–H and O–H groups in total. The van der Waals surface area contributed by atoms with E-state index in [1.54, 1.807) is 7.11 Å². The van der Waals surface area contributed by atoms with Gasteiger partial charge in [-0.25, -0.2) is 0 Å². The predicted molar refractivity (Wildman–Crippen MR) is 93.8 cm³/mol. The molecule has 0 bridgehead atoms. The van der Waals surface area contributed by atoms with Gasteiger partial charge in [0.2, 0.25) is 0 Å². The van der Waals surface area contributed by atoms with E-state index >= 15 is 0 Å². The zero-order valence-corrected chi connectivity index (χ0v) is 15.0. The van der Waals surface area contributed by atoms with Gasteiger partial charge in [0.15, 0.2) is 0 Å². The Morgan fingerprint density at radius 3 is 2.19 bits per heavy atom. The minimum atomic E-state index is 0.322. The second-order valence-corrected chi connectivity index (χ2v) is 6.80. The van der Waals surface area contributed by atoms with Crippen LogP contribution in [0.5, 0.6) is 5.75 Å². The SMILES string of the molecule is COc1cccc(CC(Br)c2c(C)c(C)cc(C)c2C)c1. The van der Waals surface area contributed by atoms with Crippen molar-refractivity contribution in [2.75, 3.05) is 7.11 Å². The zero-order valence-electron chi connectivity index (χ0n) is 13.5. The van der Waals surface area contributed by atoms with E-state index in [-0.39, 0.29) is 0 Å². The lowest BCUT2D eigenvalue weighted by molar-refractivity contribution is 0.414. The van der Waals surface area contributed by atoms with Crippen molar-refractivity contribution in [1.82, 2.24) is 0 Å². The molecule has 0 aliphatic carbocycles. The predicted octanol–water partition coefficient (Wildman–Crippen LogP) is 5.61. The van der Waals surface area contributed by atoms with Gasteiger partial charge in [0.05, 0.1) is 7.11 Å². The summed E-state index contributed by atoms with van der Waals surface area (Å²) in [5.41, 5.74) is 8.22. The number of halogens is 1. The monoisotopic (exact) mass is 346 g/mol. The van der Waals surface area contributed by atoms with Crippen LogP contribution in [-0.2, 0) is 6.42 Å². The maximum atomic E-state index is 5.31. The number of aryl methyl sites for hydroxylation is 2. The summed E-state index contributed by atoms with van der Waals surface area (Å²) in [6.07, 6.45) is 0.960. The lowest BCUT2D eigenvalue weighted by atomic mass is 9.90. The van der Waals surface area contributed by atoms with Crippen molar-refractivity contribution in [3.63, 3.8) is 0 Å². The molecule has 0 spiro atoms. The van der Waals surface area contributed by atoms with Gasteiger partial charge in [0.25, 0.3) is 0 Å². The Labute approximate surface area is 136 Å². The number of hydrogen-bond donors (Lipinski definition) is 0. The van der Waals surface area contributed by atoms with Crippen LogP contribution >= 0.6 is 15.9 Å². The van der Waals surface area contributed by atoms with Gasteiger partial charge in [-0.3, -0.25) is 0 Å². The fourth-order valence-electron chi connectivity index (χ4n) is 2.83. The van der Waals surface area contributed by atoms with Gasteiger partial charge in [-0.05, 0) is 79.6 Å². The lowest BCUT2D eigenvalue weighted by Gasteiger charge is -2.20. The summed E-state index contributed by atoms with van der Waals surface area (Å²) in [4.78, 5) is 0.322. The Balaban J connectivity index is 2.34. The van der Waals surface area contributed by atoms with Crippen LogP contribution in [0, 0.1) is 27.7 Å². The second kappa shape index (κ2) is 6.65. The minimum absolute atomic E-state index is 0.322. The standard InChI is InChI=1S/C19H23BrO/c1-12-9-13(2)15(4)19(14(12)3)18(20)11-16-7-6-8-17(10-16)21-5/h6-10,18H,11H2,1-5H3. The zero-order chi connectivity index (χ0) is 15.6. The van der Waals surface area contributed by atoms with E-state index in [1.807, 2.05) is 6.07 Å². The molecule has 0 saturated carbocycles. The third-order valence-corrected chi connectivity index (χ3v) is 5.07. The Kier molecular flexibility index (Phi) is 5.10. The van der Waals surface area contributed by atoms with Gasteiger partial charge in [-0.1, -0.05) is 34.1 Å². The summed E-state index contributed by atoms with van der Waals surface area (Å²) in [5.74, 6) is 0.918. The third kappa shape index (κ3) is 3.49. The van der Waals surface area contributed by atoms with Crippen LogP contribution in [0.4, 0.5) is 0 Å². The van der Waals surface area contributed by atoms with Crippen LogP contribution in [0.3, 0.4) is 0 Å². The van der Waals surface area contributed by atoms with Gasteiger partial charge < -0.3 is 4.74 Å². The van der Waals surface area contributed by atoms with Crippen LogP contribution in [0.25, 0.3) is 0 Å². The first-order chi connectivity index (χ1) is 9.93. The molecule has 2 rings (SSSR count). The molecule has 1 atom stereocenters. The average molecular weight is 347 g/mol. The van der Waals surface area contributed by atoms with Crippen LogP contribution in [0.15, 0.2) is 30.3 Å². The normalized spacial score (nSPS) is 12.3. The maximum Gasteiger partial charge on any atom is 0.119 e. The molecule has 1 nitrogen and oxygen atoms in total. The first kappa shape index (κ1) is 16.1. The first-order valence-corrected chi connectivity index (χ1v) is 8.20.